The average molecular weight is 298 g/mol. The van der Waals surface area contributed by atoms with Crippen molar-refractivity contribution in [2.24, 2.45) is 11.7 Å². The summed E-state index contributed by atoms with van der Waals surface area (Å²) in [7, 11) is 1.65. The van der Waals surface area contributed by atoms with Gasteiger partial charge in [-0.3, -0.25) is 14.5 Å². The van der Waals surface area contributed by atoms with Gasteiger partial charge in [0, 0.05) is 32.6 Å². The summed E-state index contributed by atoms with van der Waals surface area (Å²) in [5, 5.41) is 5.74. The van der Waals surface area contributed by atoms with Crippen molar-refractivity contribution in [3.63, 3.8) is 0 Å². The molecule has 1 rings (SSSR count). The minimum absolute atomic E-state index is 0.0476. The van der Waals surface area contributed by atoms with Gasteiger partial charge in [0.1, 0.15) is 0 Å². The first kappa shape index (κ1) is 17.9. The maximum absolute atomic E-state index is 11.9. The summed E-state index contributed by atoms with van der Waals surface area (Å²) in [6.07, 6.45) is 4.30. The highest BCUT2D eigenvalue weighted by Gasteiger charge is 2.21. The Morgan fingerprint density at radius 3 is 2.48 bits per heavy atom. The van der Waals surface area contributed by atoms with Crippen molar-refractivity contribution in [1.82, 2.24) is 15.5 Å². The molecule has 0 saturated carbocycles. The van der Waals surface area contributed by atoms with E-state index in [0.717, 1.165) is 38.8 Å². The zero-order valence-electron chi connectivity index (χ0n) is 13.4. The largest absolute Gasteiger partial charge is 0.358 e. The molecule has 4 N–H and O–H groups in total. The van der Waals surface area contributed by atoms with Crippen LogP contribution in [-0.2, 0) is 9.59 Å². The number of nitrogens with zero attached hydrogens (tertiary/aromatic N) is 1. The molecule has 0 aromatic heterocycles. The number of hydrogen-bond acceptors (Lipinski definition) is 4. The summed E-state index contributed by atoms with van der Waals surface area (Å²) in [6, 6.07) is 0.253. The van der Waals surface area contributed by atoms with Crippen LogP contribution in [0.2, 0.25) is 0 Å². The SMILES string of the molecule is CNC(=O)CN1CCC(NC(=O)CCC(C)CCN)CC1. The number of amides is 2. The Kier molecular flexibility index (Phi) is 8.30. The lowest BCUT2D eigenvalue weighted by atomic mass is 10.0. The van der Waals surface area contributed by atoms with Crippen molar-refractivity contribution in [2.75, 3.05) is 33.2 Å². The van der Waals surface area contributed by atoms with Gasteiger partial charge in [0.05, 0.1) is 6.54 Å². The van der Waals surface area contributed by atoms with Crippen molar-refractivity contribution < 1.29 is 9.59 Å². The topological polar surface area (TPSA) is 87.5 Å². The van der Waals surface area contributed by atoms with Gasteiger partial charge in [-0.1, -0.05) is 6.92 Å². The Morgan fingerprint density at radius 2 is 1.90 bits per heavy atom. The summed E-state index contributed by atoms with van der Waals surface area (Å²) >= 11 is 0. The number of nitrogens with two attached hydrogens (primary N) is 1. The molecule has 0 aliphatic carbocycles. The zero-order chi connectivity index (χ0) is 15.7. The highest BCUT2D eigenvalue weighted by Crippen LogP contribution is 2.12. The van der Waals surface area contributed by atoms with Gasteiger partial charge < -0.3 is 16.4 Å². The van der Waals surface area contributed by atoms with Gasteiger partial charge in [-0.2, -0.15) is 0 Å². The third kappa shape index (κ3) is 7.43. The van der Waals surface area contributed by atoms with Crippen LogP contribution in [0.4, 0.5) is 0 Å². The highest BCUT2D eigenvalue weighted by molar-refractivity contribution is 5.77. The molecule has 1 aliphatic heterocycles. The lowest BCUT2D eigenvalue weighted by molar-refractivity contribution is -0.124. The van der Waals surface area contributed by atoms with Crippen molar-refractivity contribution in [2.45, 2.75) is 45.1 Å². The zero-order valence-corrected chi connectivity index (χ0v) is 13.4. The molecule has 1 unspecified atom stereocenters. The average Bonchev–Trinajstić information content (AvgIpc) is 2.47. The molecule has 1 aliphatic rings. The van der Waals surface area contributed by atoms with E-state index in [1.54, 1.807) is 7.05 Å². The molecular formula is C15H30N4O2. The normalized spacial score (nSPS) is 18.2. The Morgan fingerprint density at radius 1 is 1.24 bits per heavy atom. The van der Waals surface area contributed by atoms with Gasteiger partial charge in [-0.25, -0.2) is 0 Å². The summed E-state index contributed by atoms with van der Waals surface area (Å²) < 4.78 is 0. The summed E-state index contributed by atoms with van der Waals surface area (Å²) in [5.74, 6) is 0.699. The number of rotatable bonds is 8. The fraction of sp³-hybridized carbons (Fsp3) is 0.867. The molecule has 0 aromatic carbocycles. The van der Waals surface area contributed by atoms with E-state index < -0.39 is 0 Å². The van der Waals surface area contributed by atoms with Crippen LogP contribution in [0.15, 0.2) is 0 Å². The number of nitrogens with one attached hydrogen (secondary N) is 2. The summed E-state index contributed by atoms with van der Waals surface area (Å²) in [4.78, 5) is 25.3. The third-order valence-corrected chi connectivity index (χ3v) is 4.12. The van der Waals surface area contributed by atoms with Gasteiger partial charge in [0.15, 0.2) is 0 Å². The first-order valence-electron chi connectivity index (χ1n) is 7.97. The van der Waals surface area contributed by atoms with E-state index in [9.17, 15) is 9.59 Å². The maximum Gasteiger partial charge on any atom is 0.233 e. The van der Waals surface area contributed by atoms with Crippen LogP contribution in [0.1, 0.15) is 39.0 Å². The van der Waals surface area contributed by atoms with Crippen molar-refractivity contribution in [3.05, 3.63) is 0 Å². The van der Waals surface area contributed by atoms with E-state index in [-0.39, 0.29) is 17.9 Å². The first-order chi connectivity index (χ1) is 10.0. The van der Waals surface area contributed by atoms with Crippen LogP contribution in [0.25, 0.3) is 0 Å². The molecule has 0 bridgehead atoms. The predicted molar refractivity (Wildman–Crippen MR) is 83.7 cm³/mol. The van der Waals surface area contributed by atoms with E-state index in [1.165, 1.54) is 0 Å². The van der Waals surface area contributed by atoms with Gasteiger partial charge >= 0.3 is 0 Å². The molecule has 1 heterocycles. The van der Waals surface area contributed by atoms with E-state index in [4.69, 9.17) is 5.73 Å². The number of likely N-dealkylation sites (tertiary alicyclic amines) is 1. The van der Waals surface area contributed by atoms with E-state index >= 15 is 0 Å². The molecule has 6 heteroatoms. The Labute approximate surface area is 127 Å². The minimum atomic E-state index is 0.0476. The fourth-order valence-corrected chi connectivity index (χ4v) is 2.62. The first-order valence-corrected chi connectivity index (χ1v) is 7.97. The maximum atomic E-state index is 11.9. The molecule has 0 aromatic rings. The van der Waals surface area contributed by atoms with Gasteiger partial charge in [-0.15, -0.1) is 0 Å². The van der Waals surface area contributed by atoms with Crippen LogP contribution in [0.3, 0.4) is 0 Å². The summed E-state index contributed by atoms with van der Waals surface area (Å²) in [5.41, 5.74) is 5.51. The van der Waals surface area contributed by atoms with Gasteiger partial charge in [0.2, 0.25) is 11.8 Å². The van der Waals surface area contributed by atoms with Crippen LogP contribution < -0.4 is 16.4 Å². The molecule has 21 heavy (non-hydrogen) atoms. The standard InChI is InChI=1S/C15H30N4O2/c1-12(5-8-16)3-4-14(20)18-13-6-9-19(10-7-13)11-15(21)17-2/h12-13H,3-11,16H2,1-2H3,(H,17,21)(H,18,20). The Hall–Kier alpha value is -1.14. The van der Waals surface area contributed by atoms with Crippen molar-refractivity contribution in [1.29, 1.82) is 0 Å². The monoisotopic (exact) mass is 298 g/mol. The van der Waals surface area contributed by atoms with Crippen LogP contribution in [-0.4, -0.2) is 56.0 Å². The van der Waals surface area contributed by atoms with Crippen LogP contribution >= 0.6 is 0 Å². The number of carbonyl (C=O) groups is 2. The molecule has 6 nitrogen and oxygen atoms in total. The molecule has 1 atom stereocenters. The second kappa shape index (κ2) is 9.73. The van der Waals surface area contributed by atoms with E-state index in [1.807, 2.05) is 0 Å². The lowest BCUT2D eigenvalue weighted by Gasteiger charge is -2.31. The van der Waals surface area contributed by atoms with Crippen molar-refractivity contribution >= 4 is 11.8 Å². The molecule has 1 fully saturated rings. The quantitative estimate of drug-likeness (QED) is 0.592. The second-order valence-electron chi connectivity index (χ2n) is 6.01. The highest BCUT2D eigenvalue weighted by atomic mass is 16.2. The minimum Gasteiger partial charge on any atom is -0.358 e. The predicted octanol–water partition coefficient (Wildman–Crippen LogP) is 0.0781. The Balaban J connectivity index is 2.17. The van der Waals surface area contributed by atoms with Gasteiger partial charge in [0.25, 0.3) is 0 Å². The Bertz CT molecular complexity index is 328. The number of carbonyl (C=O) groups excluding carboxylic acids is 2. The van der Waals surface area contributed by atoms with E-state index in [0.29, 0.717) is 25.4 Å². The van der Waals surface area contributed by atoms with Crippen molar-refractivity contribution in [3.8, 4) is 0 Å². The summed E-state index contributed by atoms with van der Waals surface area (Å²) in [6.45, 7) is 5.00. The molecule has 1 saturated heterocycles. The fourth-order valence-electron chi connectivity index (χ4n) is 2.62. The lowest BCUT2D eigenvalue weighted by Crippen LogP contribution is -2.47. The van der Waals surface area contributed by atoms with E-state index in [2.05, 4.69) is 22.5 Å². The smallest absolute Gasteiger partial charge is 0.233 e. The number of hydrogen-bond donors (Lipinski definition) is 3. The van der Waals surface area contributed by atoms with Gasteiger partial charge in [-0.05, 0) is 38.1 Å². The molecular weight excluding hydrogens is 268 g/mol. The number of likely N-dealkylation sites (N-methyl/N-ethyl adjacent to an activating group) is 1. The molecule has 0 spiro atoms. The van der Waals surface area contributed by atoms with Crippen LogP contribution in [0.5, 0.6) is 0 Å². The molecule has 2 amide bonds. The third-order valence-electron chi connectivity index (χ3n) is 4.12. The van der Waals surface area contributed by atoms with Crippen LogP contribution in [0, 0.1) is 5.92 Å². The molecule has 0 radical (unpaired) electrons. The second-order valence-corrected chi connectivity index (χ2v) is 6.01. The number of piperidine rings is 1. The molecule has 122 valence electrons.